The van der Waals surface area contributed by atoms with Crippen LogP contribution in [0.15, 0.2) is 77.5 Å². The molecule has 3 aromatic rings. The molecule has 3 aromatic carbocycles. The monoisotopic (exact) mass is 537 g/mol. The normalized spacial score (nSPS) is 13.1. The lowest BCUT2D eigenvalue weighted by atomic mass is 10.1. The number of imide groups is 1. The number of nitrogens with one attached hydrogen (secondary N) is 2. The molecule has 188 valence electrons. The largest absolute Gasteiger partial charge is 0.462 e. The molecule has 0 aromatic heterocycles. The van der Waals surface area contributed by atoms with Gasteiger partial charge in [-0.1, -0.05) is 41.4 Å². The number of esters is 1. The molecule has 0 radical (unpaired) electrons. The SMILES string of the molecule is CCOC(=O)c1cccc(NC(=O)c2cccc(NC3=C(Cl)C(=O)N(c4cccc(Cl)c4C)C3=O)c2)c1. The summed E-state index contributed by atoms with van der Waals surface area (Å²) in [6, 6.07) is 17.6. The third-order valence-electron chi connectivity index (χ3n) is 5.53. The lowest BCUT2D eigenvalue weighted by Gasteiger charge is -2.18. The summed E-state index contributed by atoms with van der Waals surface area (Å²) in [7, 11) is 0. The van der Waals surface area contributed by atoms with Gasteiger partial charge in [-0.2, -0.15) is 0 Å². The van der Waals surface area contributed by atoms with Crippen LogP contribution in [0, 0.1) is 6.92 Å². The first-order valence-electron chi connectivity index (χ1n) is 11.2. The predicted molar refractivity (Wildman–Crippen MR) is 142 cm³/mol. The zero-order chi connectivity index (χ0) is 26.7. The molecule has 0 saturated carbocycles. The van der Waals surface area contributed by atoms with Crippen LogP contribution in [-0.4, -0.2) is 30.3 Å². The van der Waals surface area contributed by atoms with Crippen molar-refractivity contribution in [1.82, 2.24) is 0 Å². The molecule has 0 unspecified atom stereocenters. The van der Waals surface area contributed by atoms with Crippen LogP contribution in [0.5, 0.6) is 0 Å². The van der Waals surface area contributed by atoms with E-state index in [0.29, 0.717) is 33.2 Å². The molecule has 2 N–H and O–H groups in total. The molecule has 0 saturated heterocycles. The third kappa shape index (κ3) is 5.35. The van der Waals surface area contributed by atoms with Gasteiger partial charge in [-0.15, -0.1) is 0 Å². The van der Waals surface area contributed by atoms with Crippen molar-refractivity contribution in [2.45, 2.75) is 13.8 Å². The van der Waals surface area contributed by atoms with Crippen LogP contribution in [0.2, 0.25) is 5.02 Å². The van der Waals surface area contributed by atoms with Crippen molar-refractivity contribution in [3.63, 3.8) is 0 Å². The van der Waals surface area contributed by atoms with Gasteiger partial charge in [0.15, 0.2) is 0 Å². The van der Waals surface area contributed by atoms with Crippen LogP contribution in [0.25, 0.3) is 0 Å². The van der Waals surface area contributed by atoms with Crippen LogP contribution in [0.4, 0.5) is 17.1 Å². The fourth-order valence-electron chi connectivity index (χ4n) is 3.69. The Morgan fingerprint density at radius 1 is 0.892 bits per heavy atom. The number of benzene rings is 3. The van der Waals surface area contributed by atoms with E-state index in [0.717, 1.165) is 4.90 Å². The number of carbonyl (C=O) groups is 4. The maximum Gasteiger partial charge on any atom is 0.338 e. The number of amides is 3. The second-order valence-corrected chi connectivity index (χ2v) is 8.77. The van der Waals surface area contributed by atoms with Gasteiger partial charge in [0.1, 0.15) is 10.7 Å². The second-order valence-electron chi connectivity index (χ2n) is 7.98. The highest BCUT2D eigenvalue weighted by Crippen LogP contribution is 2.34. The first-order chi connectivity index (χ1) is 17.7. The number of carbonyl (C=O) groups excluding carboxylic acids is 4. The van der Waals surface area contributed by atoms with Crippen molar-refractivity contribution >= 4 is 64.0 Å². The van der Waals surface area contributed by atoms with E-state index in [1.165, 1.54) is 12.1 Å². The Morgan fingerprint density at radius 3 is 2.27 bits per heavy atom. The molecule has 3 amide bonds. The number of anilines is 3. The van der Waals surface area contributed by atoms with Crippen molar-refractivity contribution in [3.05, 3.63) is 99.2 Å². The van der Waals surface area contributed by atoms with E-state index in [9.17, 15) is 19.2 Å². The number of rotatable bonds is 7. The highest BCUT2D eigenvalue weighted by molar-refractivity contribution is 6.53. The van der Waals surface area contributed by atoms with Gasteiger partial charge in [0, 0.05) is 22.0 Å². The van der Waals surface area contributed by atoms with Crippen LogP contribution < -0.4 is 15.5 Å². The van der Waals surface area contributed by atoms with Crippen molar-refractivity contribution in [3.8, 4) is 0 Å². The van der Waals surface area contributed by atoms with Crippen molar-refractivity contribution in [2.75, 3.05) is 22.1 Å². The molecule has 1 aliphatic rings. The first-order valence-corrected chi connectivity index (χ1v) is 12.0. The molecule has 37 heavy (non-hydrogen) atoms. The highest BCUT2D eigenvalue weighted by Gasteiger charge is 2.39. The number of ether oxygens (including phenoxy) is 1. The van der Waals surface area contributed by atoms with Gasteiger partial charge >= 0.3 is 5.97 Å². The summed E-state index contributed by atoms with van der Waals surface area (Å²) in [6.45, 7) is 3.64. The maximum absolute atomic E-state index is 13.1. The Balaban J connectivity index is 1.52. The van der Waals surface area contributed by atoms with Gasteiger partial charge in [-0.05, 0) is 67.9 Å². The Labute approximate surface area is 222 Å². The van der Waals surface area contributed by atoms with Crippen LogP contribution in [0.3, 0.4) is 0 Å². The average Bonchev–Trinajstić information content (AvgIpc) is 3.09. The van der Waals surface area contributed by atoms with Gasteiger partial charge in [-0.3, -0.25) is 14.4 Å². The Morgan fingerprint density at radius 2 is 1.54 bits per heavy atom. The van der Waals surface area contributed by atoms with E-state index in [2.05, 4.69) is 10.6 Å². The number of hydrogen-bond acceptors (Lipinski definition) is 6. The van der Waals surface area contributed by atoms with Crippen LogP contribution in [0.1, 0.15) is 33.2 Å². The van der Waals surface area contributed by atoms with Gasteiger partial charge in [-0.25, -0.2) is 9.69 Å². The minimum Gasteiger partial charge on any atom is -0.462 e. The lowest BCUT2D eigenvalue weighted by Crippen LogP contribution is -2.32. The van der Waals surface area contributed by atoms with Gasteiger partial charge in [0.25, 0.3) is 17.7 Å². The van der Waals surface area contributed by atoms with Gasteiger partial charge in [0.05, 0.1) is 17.9 Å². The van der Waals surface area contributed by atoms with E-state index in [4.69, 9.17) is 27.9 Å². The summed E-state index contributed by atoms with van der Waals surface area (Å²) in [5.74, 6) is -2.27. The quantitative estimate of drug-likeness (QED) is 0.304. The van der Waals surface area contributed by atoms with E-state index in [1.54, 1.807) is 68.4 Å². The van der Waals surface area contributed by atoms with Crippen LogP contribution >= 0.6 is 23.2 Å². The molecule has 1 aliphatic heterocycles. The molecule has 0 bridgehead atoms. The predicted octanol–water partition coefficient (Wildman–Crippen LogP) is 5.51. The summed E-state index contributed by atoms with van der Waals surface area (Å²) in [5, 5.41) is 5.71. The molecule has 8 nitrogen and oxygen atoms in total. The van der Waals surface area contributed by atoms with E-state index >= 15 is 0 Å². The smallest absolute Gasteiger partial charge is 0.338 e. The average molecular weight is 538 g/mol. The number of hydrogen-bond donors (Lipinski definition) is 2. The maximum atomic E-state index is 13.1. The Bertz CT molecular complexity index is 1470. The molecular formula is C27H21Cl2N3O5. The van der Waals surface area contributed by atoms with Crippen molar-refractivity contribution in [1.29, 1.82) is 0 Å². The fraction of sp³-hybridized carbons (Fsp3) is 0.111. The molecule has 0 spiro atoms. The number of halogens is 2. The van der Waals surface area contributed by atoms with E-state index < -0.39 is 23.7 Å². The first kappa shape index (κ1) is 25.9. The molecule has 4 rings (SSSR count). The topological polar surface area (TPSA) is 105 Å². The molecule has 10 heteroatoms. The van der Waals surface area contributed by atoms with E-state index in [-0.39, 0.29) is 22.9 Å². The highest BCUT2D eigenvalue weighted by atomic mass is 35.5. The second kappa shape index (κ2) is 10.9. The zero-order valence-electron chi connectivity index (χ0n) is 19.8. The standard InChI is InChI=1S/C27H21Cl2N3O5/c1-3-37-27(36)17-8-5-10-19(14-17)31-24(33)16-7-4-9-18(13-16)30-23-22(29)25(34)32(26(23)35)21-12-6-11-20(28)15(21)2/h4-14,30H,3H2,1-2H3,(H,31,33). The molecule has 0 atom stereocenters. The molecule has 0 fully saturated rings. The van der Waals surface area contributed by atoms with E-state index in [1.807, 2.05) is 0 Å². The van der Waals surface area contributed by atoms with Crippen LogP contribution in [-0.2, 0) is 14.3 Å². The molecule has 0 aliphatic carbocycles. The summed E-state index contributed by atoms with van der Waals surface area (Å²) in [4.78, 5) is 51.7. The summed E-state index contributed by atoms with van der Waals surface area (Å²) in [6.07, 6.45) is 0. The summed E-state index contributed by atoms with van der Waals surface area (Å²) < 4.78 is 4.99. The minimum atomic E-state index is -0.685. The number of nitrogens with zero attached hydrogens (tertiary/aromatic N) is 1. The third-order valence-corrected chi connectivity index (χ3v) is 6.29. The fourth-order valence-corrected chi connectivity index (χ4v) is 4.07. The molecule has 1 heterocycles. The minimum absolute atomic E-state index is 0.120. The summed E-state index contributed by atoms with van der Waals surface area (Å²) >= 11 is 12.4. The lowest BCUT2D eigenvalue weighted by molar-refractivity contribution is -0.120. The molecular weight excluding hydrogens is 517 g/mol. The van der Waals surface area contributed by atoms with Gasteiger partial charge in [0.2, 0.25) is 0 Å². The summed E-state index contributed by atoms with van der Waals surface area (Å²) in [5.41, 5.74) is 2.11. The zero-order valence-corrected chi connectivity index (χ0v) is 21.3. The van der Waals surface area contributed by atoms with Crippen molar-refractivity contribution in [2.24, 2.45) is 0 Å². The van der Waals surface area contributed by atoms with Crippen molar-refractivity contribution < 1.29 is 23.9 Å². The van der Waals surface area contributed by atoms with Gasteiger partial charge < -0.3 is 15.4 Å². The Hall–Kier alpha value is -4.14. The Kier molecular flexibility index (Phi) is 7.61.